The molecule has 0 aromatic rings. The summed E-state index contributed by atoms with van der Waals surface area (Å²) in [6, 6.07) is 0. The summed E-state index contributed by atoms with van der Waals surface area (Å²) < 4.78 is 0. The number of aliphatic hydroxyl groups excluding tert-OH is 1. The smallest absolute Gasteiger partial charge is 0.226 e. The Balaban J connectivity index is 2.67. The van der Waals surface area contributed by atoms with Crippen molar-refractivity contribution in [3.63, 3.8) is 0 Å². The fraction of sp³-hybridized carbons (Fsp3) is 0.933. The van der Waals surface area contributed by atoms with Gasteiger partial charge in [0.05, 0.1) is 6.61 Å². The topological polar surface area (TPSA) is 40.5 Å². The number of hydrogen-bond donors (Lipinski definition) is 1. The number of carbonyl (C=O) groups is 1. The Morgan fingerprint density at radius 1 is 1.33 bits per heavy atom. The molecule has 0 radical (unpaired) electrons. The van der Waals surface area contributed by atoms with E-state index in [1.54, 1.807) is 0 Å². The molecule has 1 atom stereocenters. The van der Waals surface area contributed by atoms with Gasteiger partial charge in [0, 0.05) is 19.0 Å². The van der Waals surface area contributed by atoms with Gasteiger partial charge in [-0.1, -0.05) is 40.0 Å². The van der Waals surface area contributed by atoms with Crippen LogP contribution < -0.4 is 0 Å². The van der Waals surface area contributed by atoms with Crippen molar-refractivity contribution in [1.82, 2.24) is 4.90 Å². The molecule has 1 fully saturated rings. The third kappa shape index (κ3) is 3.98. The van der Waals surface area contributed by atoms with E-state index in [4.69, 9.17) is 5.11 Å². The molecule has 0 aromatic carbocycles. The second kappa shape index (κ2) is 7.13. The molecule has 1 rings (SSSR count). The molecule has 3 heteroatoms. The first kappa shape index (κ1) is 15.5. The molecule has 1 aliphatic rings. The highest BCUT2D eigenvalue weighted by Crippen LogP contribution is 2.41. The van der Waals surface area contributed by atoms with Crippen molar-refractivity contribution in [2.45, 2.75) is 59.3 Å². The van der Waals surface area contributed by atoms with Crippen LogP contribution in [0, 0.1) is 11.3 Å². The molecule has 1 amide bonds. The second-order valence-electron chi connectivity index (χ2n) is 6.19. The molecule has 0 heterocycles. The molecular formula is C15H29NO2. The summed E-state index contributed by atoms with van der Waals surface area (Å²) in [5, 5.41) is 9.12. The summed E-state index contributed by atoms with van der Waals surface area (Å²) in [7, 11) is 0. The molecule has 0 aliphatic heterocycles. The lowest BCUT2D eigenvalue weighted by Gasteiger charge is -2.40. The van der Waals surface area contributed by atoms with E-state index in [2.05, 4.69) is 20.8 Å². The minimum absolute atomic E-state index is 0.0720. The van der Waals surface area contributed by atoms with Gasteiger partial charge in [0.15, 0.2) is 0 Å². The highest BCUT2D eigenvalue weighted by atomic mass is 16.3. The maximum Gasteiger partial charge on any atom is 0.226 e. The molecule has 3 nitrogen and oxygen atoms in total. The zero-order chi connectivity index (χ0) is 13.6. The maximum absolute atomic E-state index is 12.6. The van der Waals surface area contributed by atoms with E-state index in [1.807, 2.05) is 4.90 Å². The average Bonchev–Trinajstić information content (AvgIpc) is 2.33. The van der Waals surface area contributed by atoms with Crippen molar-refractivity contribution in [1.29, 1.82) is 0 Å². The van der Waals surface area contributed by atoms with Crippen LogP contribution in [0.2, 0.25) is 0 Å². The zero-order valence-electron chi connectivity index (χ0n) is 12.2. The van der Waals surface area contributed by atoms with E-state index in [1.165, 1.54) is 12.8 Å². The average molecular weight is 255 g/mol. The van der Waals surface area contributed by atoms with E-state index in [-0.39, 0.29) is 23.8 Å². The molecule has 0 spiro atoms. The lowest BCUT2D eigenvalue weighted by atomic mass is 9.68. The number of rotatable bonds is 6. The van der Waals surface area contributed by atoms with Crippen LogP contribution in [0.1, 0.15) is 59.3 Å². The van der Waals surface area contributed by atoms with Crippen LogP contribution in [0.4, 0.5) is 0 Å². The molecule has 1 unspecified atom stereocenters. The quantitative estimate of drug-likeness (QED) is 0.793. The van der Waals surface area contributed by atoms with Crippen molar-refractivity contribution in [3.8, 4) is 0 Å². The molecule has 18 heavy (non-hydrogen) atoms. The van der Waals surface area contributed by atoms with Crippen LogP contribution in [0.5, 0.6) is 0 Å². The Kier molecular flexibility index (Phi) is 6.13. The van der Waals surface area contributed by atoms with Gasteiger partial charge in [-0.05, 0) is 24.7 Å². The molecule has 1 aliphatic carbocycles. The minimum atomic E-state index is 0.0720. The molecule has 0 aromatic heterocycles. The van der Waals surface area contributed by atoms with Crippen LogP contribution >= 0.6 is 0 Å². The van der Waals surface area contributed by atoms with E-state index in [9.17, 15) is 4.79 Å². The second-order valence-corrected chi connectivity index (χ2v) is 6.19. The third-order valence-corrected chi connectivity index (χ3v) is 4.27. The molecule has 106 valence electrons. The first-order valence-electron chi connectivity index (χ1n) is 7.42. The Morgan fingerprint density at radius 2 is 2.06 bits per heavy atom. The summed E-state index contributed by atoms with van der Waals surface area (Å²) in [6.07, 6.45) is 6.68. The highest BCUT2D eigenvalue weighted by molar-refractivity contribution is 5.79. The fourth-order valence-corrected chi connectivity index (χ4v) is 2.97. The maximum atomic E-state index is 12.6. The zero-order valence-corrected chi connectivity index (χ0v) is 12.2. The summed E-state index contributed by atoms with van der Waals surface area (Å²) in [5.41, 5.74) is 0.120. The van der Waals surface area contributed by atoms with Gasteiger partial charge in [0.1, 0.15) is 0 Å². The lowest BCUT2D eigenvalue weighted by molar-refractivity contribution is -0.141. The van der Waals surface area contributed by atoms with Crippen LogP contribution in [-0.4, -0.2) is 35.6 Å². The van der Waals surface area contributed by atoms with Crippen molar-refractivity contribution in [2.75, 3.05) is 19.7 Å². The van der Waals surface area contributed by atoms with Crippen molar-refractivity contribution in [3.05, 3.63) is 0 Å². The number of aliphatic hydroxyl groups is 1. The number of unbranched alkanes of at least 4 members (excludes halogenated alkanes) is 1. The number of carbonyl (C=O) groups excluding carboxylic acids is 1. The predicted octanol–water partition coefficient (Wildman–Crippen LogP) is 2.82. The van der Waals surface area contributed by atoms with Crippen molar-refractivity contribution < 1.29 is 9.90 Å². The van der Waals surface area contributed by atoms with E-state index in [0.29, 0.717) is 6.54 Å². The summed E-state index contributed by atoms with van der Waals surface area (Å²) in [4.78, 5) is 14.5. The van der Waals surface area contributed by atoms with Crippen LogP contribution in [0.25, 0.3) is 0 Å². The Bertz CT molecular complexity index is 263. The standard InChI is InChI=1S/C15H29NO2/c1-4-5-10-16(11-12-17)14(18)13-8-6-7-9-15(13,2)3/h13,17H,4-12H2,1-3H3. The van der Waals surface area contributed by atoms with E-state index >= 15 is 0 Å². The molecule has 0 bridgehead atoms. The van der Waals surface area contributed by atoms with Gasteiger partial charge < -0.3 is 10.0 Å². The van der Waals surface area contributed by atoms with Gasteiger partial charge in [0.25, 0.3) is 0 Å². The van der Waals surface area contributed by atoms with E-state index in [0.717, 1.165) is 32.2 Å². The lowest BCUT2D eigenvalue weighted by Crippen LogP contribution is -2.45. The van der Waals surface area contributed by atoms with Crippen LogP contribution in [0.3, 0.4) is 0 Å². The van der Waals surface area contributed by atoms with Gasteiger partial charge in [-0.25, -0.2) is 0 Å². The van der Waals surface area contributed by atoms with Gasteiger partial charge >= 0.3 is 0 Å². The molecule has 1 N–H and O–H groups in total. The molecule has 0 saturated heterocycles. The number of amides is 1. The van der Waals surface area contributed by atoms with Crippen LogP contribution in [-0.2, 0) is 4.79 Å². The van der Waals surface area contributed by atoms with Crippen molar-refractivity contribution in [2.24, 2.45) is 11.3 Å². The van der Waals surface area contributed by atoms with Crippen molar-refractivity contribution >= 4 is 5.91 Å². The third-order valence-electron chi connectivity index (χ3n) is 4.27. The normalized spacial score (nSPS) is 22.8. The van der Waals surface area contributed by atoms with Crippen LogP contribution in [0.15, 0.2) is 0 Å². The predicted molar refractivity (Wildman–Crippen MR) is 74.3 cm³/mol. The van der Waals surface area contributed by atoms with Gasteiger partial charge in [-0.15, -0.1) is 0 Å². The largest absolute Gasteiger partial charge is 0.395 e. The Hall–Kier alpha value is -0.570. The monoisotopic (exact) mass is 255 g/mol. The Morgan fingerprint density at radius 3 is 2.61 bits per heavy atom. The SMILES string of the molecule is CCCCN(CCO)C(=O)C1CCCCC1(C)C. The Labute approximate surface area is 112 Å². The van der Waals surface area contributed by atoms with E-state index < -0.39 is 0 Å². The fourth-order valence-electron chi connectivity index (χ4n) is 2.97. The number of hydrogen-bond acceptors (Lipinski definition) is 2. The minimum Gasteiger partial charge on any atom is -0.395 e. The number of nitrogens with zero attached hydrogens (tertiary/aromatic N) is 1. The van der Waals surface area contributed by atoms with Gasteiger partial charge in [-0.2, -0.15) is 0 Å². The summed E-state index contributed by atoms with van der Waals surface area (Å²) >= 11 is 0. The van der Waals surface area contributed by atoms with Gasteiger partial charge in [0.2, 0.25) is 5.91 Å². The molecule has 1 saturated carbocycles. The first-order chi connectivity index (χ1) is 8.53. The summed E-state index contributed by atoms with van der Waals surface area (Å²) in [5.74, 6) is 0.414. The highest BCUT2D eigenvalue weighted by Gasteiger charge is 2.38. The van der Waals surface area contributed by atoms with Gasteiger partial charge in [-0.3, -0.25) is 4.79 Å². The first-order valence-corrected chi connectivity index (χ1v) is 7.42. The molecular weight excluding hydrogens is 226 g/mol. The summed E-state index contributed by atoms with van der Waals surface area (Å²) in [6.45, 7) is 7.92.